The molecule has 0 amide bonds. The van der Waals surface area contributed by atoms with Gasteiger partial charge in [-0.05, 0) is 18.4 Å². The van der Waals surface area contributed by atoms with Gasteiger partial charge in [0.05, 0.1) is 5.75 Å². The molecule has 1 aliphatic rings. The SMILES string of the molecule is CCS(=O)(=O)CCCN1CCNC(C(C)(C)C)C1. The smallest absolute Gasteiger partial charge is 0.150 e. The Morgan fingerprint density at radius 3 is 2.56 bits per heavy atom. The molecule has 4 nitrogen and oxygen atoms in total. The van der Waals surface area contributed by atoms with Crippen molar-refractivity contribution in [3.05, 3.63) is 0 Å². The van der Waals surface area contributed by atoms with Gasteiger partial charge in [-0.25, -0.2) is 8.42 Å². The number of rotatable bonds is 5. The second-order valence-electron chi connectivity index (χ2n) is 6.26. The lowest BCUT2D eigenvalue weighted by molar-refractivity contribution is 0.135. The van der Waals surface area contributed by atoms with E-state index in [1.807, 2.05) is 0 Å². The molecule has 1 heterocycles. The van der Waals surface area contributed by atoms with Crippen molar-refractivity contribution < 1.29 is 8.42 Å². The van der Waals surface area contributed by atoms with Crippen LogP contribution in [0.3, 0.4) is 0 Å². The second kappa shape index (κ2) is 6.35. The number of nitrogens with one attached hydrogen (secondary N) is 1. The molecule has 0 spiro atoms. The predicted molar refractivity (Wildman–Crippen MR) is 76.6 cm³/mol. The fourth-order valence-electron chi connectivity index (χ4n) is 2.25. The molecule has 5 heteroatoms. The van der Waals surface area contributed by atoms with E-state index in [9.17, 15) is 8.42 Å². The summed E-state index contributed by atoms with van der Waals surface area (Å²) in [7, 11) is -2.80. The molecule has 0 bridgehead atoms. The van der Waals surface area contributed by atoms with E-state index in [2.05, 4.69) is 31.0 Å². The number of hydrogen-bond acceptors (Lipinski definition) is 4. The standard InChI is InChI=1S/C13H28N2O2S/c1-5-18(16,17)10-6-8-15-9-7-14-12(11-15)13(2,3)4/h12,14H,5-11H2,1-4H3. The number of hydrogen-bond donors (Lipinski definition) is 1. The van der Waals surface area contributed by atoms with Crippen molar-refractivity contribution in [3.63, 3.8) is 0 Å². The first kappa shape index (κ1) is 15.9. The van der Waals surface area contributed by atoms with Crippen LogP contribution in [0.4, 0.5) is 0 Å². The van der Waals surface area contributed by atoms with E-state index in [0.717, 1.165) is 32.6 Å². The minimum Gasteiger partial charge on any atom is -0.311 e. The van der Waals surface area contributed by atoms with Crippen molar-refractivity contribution >= 4 is 9.84 Å². The van der Waals surface area contributed by atoms with Crippen molar-refractivity contribution in [2.45, 2.75) is 40.2 Å². The number of nitrogens with zero attached hydrogens (tertiary/aromatic N) is 1. The maximum Gasteiger partial charge on any atom is 0.150 e. The third-order valence-corrected chi connectivity index (χ3v) is 5.46. The summed E-state index contributed by atoms with van der Waals surface area (Å²) in [6.07, 6.45) is 0.757. The van der Waals surface area contributed by atoms with Crippen molar-refractivity contribution in [1.82, 2.24) is 10.2 Å². The topological polar surface area (TPSA) is 49.4 Å². The van der Waals surface area contributed by atoms with Gasteiger partial charge >= 0.3 is 0 Å². The van der Waals surface area contributed by atoms with Crippen LogP contribution in [0.15, 0.2) is 0 Å². The van der Waals surface area contributed by atoms with Gasteiger partial charge in [-0.3, -0.25) is 0 Å². The Kier molecular flexibility index (Phi) is 5.62. The van der Waals surface area contributed by atoms with Gasteiger partial charge in [0, 0.05) is 31.4 Å². The van der Waals surface area contributed by atoms with E-state index in [-0.39, 0.29) is 11.2 Å². The van der Waals surface area contributed by atoms with Gasteiger partial charge in [-0.1, -0.05) is 27.7 Å². The molecule has 1 rings (SSSR count). The summed E-state index contributed by atoms with van der Waals surface area (Å²) in [6, 6.07) is 0.494. The van der Waals surface area contributed by atoms with Crippen LogP contribution in [0.25, 0.3) is 0 Å². The average Bonchev–Trinajstić information content (AvgIpc) is 2.28. The average molecular weight is 276 g/mol. The Morgan fingerprint density at radius 1 is 1.33 bits per heavy atom. The summed E-state index contributed by atoms with van der Waals surface area (Å²) in [6.45, 7) is 12.4. The molecule has 0 saturated carbocycles. The minimum atomic E-state index is -2.80. The molecule has 1 aliphatic heterocycles. The van der Waals surface area contributed by atoms with Crippen LogP contribution in [0.5, 0.6) is 0 Å². The molecule has 1 N–H and O–H groups in total. The van der Waals surface area contributed by atoms with Crippen LogP contribution in [0.1, 0.15) is 34.1 Å². The fraction of sp³-hybridized carbons (Fsp3) is 1.00. The molecule has 0 aromatic heterocycles. The maximum absolute atomic E-state index is 11.4. The van der Waals surface area contributed by atoms with Crippen molar-refractivity contribution in [3.8, 4) is 0 Å². The molecule has 1 saturated heterocycles. The summed E-state index contributed by atoms with van der Waals surface area (Å²) in [4.78, 5) is 2.39. The summed E-state index contributed by atoms with van der Waals surface area (Å²) in [5.74, 6) is 0.590. The Morgan fingerprint density at radius 2 is 2.00 bits per heavy atom. The van der Waals surface area contributed by atoms with Gasteiger partial charge in [-0.2, -0.15) is 0 Å². The van der Waals surface area contributed by atoms with Crippen molar-refractivity contribution in [1.29, 1.82) is 0 Å². The molecule has 0 aliphatic carbocycles. The molecular weight excluding hydrogens is 248 g/mol. The molecular formula is C13H28N2O2S. The molecule has 108 valence electrons. The second-order valence-corrected chi connectivity index (χ2v) is 8.74. The van der Waals surface area contributed by atoms with E-state index in [4.69, 9.17) is 0 Å². The highest BCUT2D eigenvalue weighted by Crippen LogP contribution is 2.21. The van der Waals surface area contributed by atoms with E-state index < -0.39 is 9.84 Å². The van der Waals surface area contributed by atoms with Gasteiger partial charge in [0.15, 0.2) is 0 Å². The Hall–Kier alpha value is -0.130. The predicted octanol–water partition coefficient (Wildman–Crippen LogP) is 1.13. The van der Waals surface area contributed by atoms with Gasteiger partial charge < -0.3 is 10.2 Å². The van der Waals surface area contributed by atoms with Gasteiger partial charge in [0.1, 0.15) is 9.84 Å². The third kappa shape index (κ3) is 5.24. The molecule has 0 radical (unpaired) electrons. The minimum absolute atomic E-state index is 0.258. The van der Waals surface area contributed by atoms with Crippen LogP contribution in [-0.2, 0) is 9.84 Å². The third-order valence-electron chi connectivity index (χ3n) is 3.67. The lowest BCUT2D eigenvalue weighted by atomic mass is 9.85. The normalized spacial score (nSPS) is 23.2. The summed E-state index contributed by atoms with van der Waals surface area (Å²) in [5.41, 5.74) is 0.258. The first-order chi connectivity index (χ1) is 8.24. The van der Waals surface area contributed by atoms with E-state index in [1.54, 1.807) is 6.92 Å². The summed E-state index contributed by atoms with van der Waals surface area (Å²) in [5, 5.41) is 3.55. The zero-order valence-corrected chi connectivity index (χ0v) is 13.0. The molecule has 1 atom stereocenters. The zero-order chi connectivity index (χ0) is 13.8. The highest BCUT2D eigenvalue weighted by molar-refractivity contribution is 7.91. The fourth-order valence-corrected chi connectivity index (χ4v) is 3.10. The largest absolute Gasteiger partial charge is 0.311 e. The Labute approximate surface area is 112 Å². The lowest BCUT2D eigenvalue weighted by Crippen LogP contribution is -2.56. The van der Waals surface area contributed by atoms with Gasteiger partial charge in [0.2, 0.25) is 0 Å². The van der Waals surface area contributed by atoms with E-state index in [0.29, 0.717) is 11.8 Å². The molecule has 1 unspecified atom stereocenters. The zero-order valence-electron chi connectivity index (χ0n) is 12.2. The summed E-state index contributed by atoms with van der Waals surface area (Å²) >= 11 is 0. The van der Waals surface area contributed by atoms with Gasteiger partial charge in [0.25, 0.3) is 0 Å². The lowest BCUT2D eigenvalue weighted by Gasteiger charge is -2.40. The van der Waals surface area contributed by atoms with E-state index >= 15 is 0 Å². The van der Waals surface area contributed by atoms with Crippen LogP contribution in [-0.4, -0.2) is 57.0 Å². The van der Waals surface area contributed by atoms with Crippen LogP contribution in [0, 0.1) is 5.41 Å². The van der Waals surface area contributed by atoms with Crippen molar-refractivity contribution in [2.24, 2.45) is 5.41 Å². The summed E-state index contributed by atoms with van der Waals surface area (Å²) < 4.78 is 22.9. The highest BCUT2D eigenvalue weighted by atomic mass is 32.2. The Balaban J connectivity index is 2.35. The van der Waals surface area contributed by atoms with Crippen LogP contribution >= 0.6 is 0 Å². The molecule has 18 heavy (non-hydrogen) atoms. The van der Waals surface area contributed by atoms with Crippen molar-refractivity contribution in [2.75, 3.05) is 37.7 Å². The Bertz CT molecular complexity index is 346. The number of piperazine rings is 1. The first-order valence-electron chi connectivity index (χ1n) is 6.91. The monoisotopic (exact) mass is 276 g/mol. The highest BCUT2D eigenvalue weighted by Gasteiger charge is 2.28. The quantitative estimate of drug-likeness (QED) is 0.818. The van der Waals surface area contributed by atoms with Gasteiger partial charge in [-0.15, -0.1) is 0 Å². The number of sulfone groups is 1. The maximum atomic E-state index is 11.4. The molecule has 0 aromatic rings. The van der Waals surface area contributed by atoms with E-state index in [1.165, 1.54) is 0 Å². The molecule has 0 aromatic carbocycles. The van der Waals surface area contributed by atoms with Crippen LogP contribution in [0.2, 0.25) is 0 Å². The van der Waals surface area contributed by atoms with Crippen LogP contribution < -0.4 is 5.32 Å². The molecule has 1 fully saturated rings. The first-order valence-corrected chi connectivity index (χ1v) is 8.73.